The molecule has 0 heterocycles. The first kappa shape index (κ1) is 13.3. The maximum Gasteiger partial charge on any atom is 0.110 e. The minimum absolute atomic E-state index is 0.429. The van der Waals surface area contributed by atoms with E-state index in [4.69, 9.17) is 0 Å². The van der Waals surface area contributed by atoms with Gasteiger partial charge in [-0.05, 0) is 24.3 Å². The van der Waals surface area contributed by atoms with Crippen LogP contribution < -0.4 is 0 Å². The summed E-state index contributed by atoms with van der Waals surface area (Å²) in [4.78, 5) is 0. The molecule has 0 saturated heterocycles. The standard InChI is InChI=1S/C6H14O2S4/c7-5(1-3-9)11-12-6(8)2-4-10/h5-10H,1-4H2. The van der Waals surface area contributed by atoms with Crippen molar-refractivity contribution < 1.29 is 10.2 Å². The number of aliphatic hydroxyl groups is 2. The van der Waals surface area contributed by atoms with E-state index in [9.17, 15) is 10.2 Å². The molecule has 0 aromatic rings. The van der Waals surface area contributed by atoms with E-state index in [-0.39, 0.29) is 0 Å². The molecule has 0 aromatic heterocycles. The highest BCUT2D eigenvalue weighted by Crippen LogP contribution is 2.31. The summed E-state index contributed by atoms with van der Waals surface area (Å²) in [6.07, 6.45) is 1.29. The summed E-state index contributed by atoms with van der Waals surface area (Å²) in [5.41, 5.74) is -0.857. The number of thiol groups is 2. The van der Waals surface area contributed by atoms with Crippen molar-refractivity contribution in [2.45, 2.75) is 23.7 Å². The Hall–Kier alpha value is 1.32. The van der Waals surface area contributed by atoms with E-state index < -0.39 is 10.9 Å². The average molecular weight is 246 g/mol. The second-order valence-corrected chi connectivity index (χ2v) is 5.65. The molecule has 0 aliphatic heterocycles. The number of aliphatic hydroxyl groups excluding tert-OH is 2. The van der Waals surface area contributed by atoms with E-state index in [2.05, 4.69) is 25.3 Å². The maximum absolute atomic E-state index is 9.23. The van der Waals surface area contributed by atoms with Gasteiger partial charge in [-0.1, -0.05) is 21.6 Å². The molecule has 0 bridgehead atoms. The first-order valence-corrected chi connectivity index (χ1v) is 7.14. The van der Waals surface area contributed by atoms with Gasteiger partial charge in [0.15, 0.2) is 0 Å². The fourth-order valence-electron chi connectivity index (χ4n) is 0.445. The fraction of sp³-hybridized carbons (Fsp3) is 1.00. The molecular formula is C6H14O2S4. The fourth-order valence-corrected chi connectivity index (χ4v) is 3.32. The van der Waals surface area contributed by atoms with Gasteiger partial charge in [0, 0.05) is 0 Å². The molecule has 0 spiro atoms. The molecule has 2 unspecified atom stereocenters. The summed E-state index contributed by atoms with van der Waals surface area (Å²) in [7, 11) is 2.58. The molecule has 12 heavy (non-hydrogen) atoms. The van der Waals surface area contributed by atoms with Crippen LogP contribution in [0.5, 0.6) is 0 Å². The molecule has 6 heteroatoms. The van der Waals surface area contributed by atoms with Gasteiger partial charge in [0.1, 0.15) is 10.9 Å². The first-order chi connectivity index (χ1) is 5.70. The Bertz CT molecular complexity index is 91.5. The van der Waals surface area contributed by atoms with Gasteiger partial charge < -0.3 is 10.2 Å². The lowest BCUT2D eigenvalue weighted by Crippen LogP contribution is -2.04. The van der Waals surface area contributed by atoms with Crippen LogP contribution in [0.3, 0.4) is 0 Å². The van der Waals surface area contributed by atoms with E-state index in [0.29, 0.717) is 24.3 Å². The lowest BCUT2D eigenvalue weighted by atomic mass is 10.5. The third-order valence-electron chi connectivity index (χ3n) is 1.03. The summed E-state index contributed by atoms with van der Waals surface area (Å²) >= 11 is 7.98. The summed E-state index contributed by atoms with van der Waals surface area (Å²) in [5, 5.41) is 18.5. The van der Waals surface area contributed by atoms with E-state index in [1.807, 2.05) is 0 Å². The predicted octanol–water partition coefficient (Wildman–Crippen LogP) is 1.64. The average Bonchev–Trinajstić information content (AvgIpc) is 2.02. The lowest BCUT2D eigenvalue weighted by Gasteiger charge is -2.11. The number of rotatable bonds is 7. The summed E-state index contributed by atoms with van der Waals surface area (Å²) in [5.74, 6) is 1.33. The Balaban J connectivity index is 3.27. The van der Waals surface area contributed by atoms with Crippen LogP contribution in [0.15, 0.2) is 0 Å². The zero-order valence-electron chi connectivity index (χ0n) is 6.59. The van der Waals surface area contributed by atoms with E-state index in [1.165, 1.54) is 21.6 Å². The zero-order valence-corrected chi connectivity index (χ0v) is 10.0. The third-order valence-corrected chi connectivity index (χ3v) is 4.24. The summed E-state index contributed by atoms with van der Waals surface area (Å²) in [6, 6.07) is 0. The topological polar surface area (TPSA) is 40.5 Å². The van der Waals surface area contributed by atoms with Crippen molar-refractivity contribution in [3.8, 4) is 0 Å². The molecule has 74 valence electrons. The highest BCUT2D eigenvalue weighted by molar-refractivity contribution is 8.77. The molecule has 0 aliphatic rings. The molecule has 0 amide bonds. The zero-order chi connectivity index (χ0) is 9.40. The molecule has 0 radical (unpaired) electrons. The van der Waals surface area contributed by atoms with Crippen LogP contribution in [0.1, 0.15) is 12.8 Å². The van der Waals surface area contributed by atoms with Crippen molar-refractivity contribution in [1.29, 1.82) is 0 Å². The second-order valence-electron chi connectivity index (χ2n) is 2.13. The van der Waals surface area contributed by atoms with Gasteiger partial charge >= 0.3 is 0 Å². The Morgan fingerprint density at radius 2 is 1.25 bits per heavy atom. The van der Waals surface area contributed by atoms with E-state index in [0.717, 1.165) is 0 Å². The van der Waals surface area contributed by atoms with Crippen LogP contribution in [-0.2, 0) is 0 Å². The summed E-state index contributed by atoms with van der Waals surface area (Å²) < 4.78 is 0. The number of hydrogen-bond acceptors (Lipinski definition) is 6. The highest BCUT2D eigenvalue weighted by Gasteiger charge is 2.08. The molecular weight excluding hydrogens is 232 g/mol. The van der Waals surface area contributed by atoms with Gasteiger partial charge in [0.2, 0.25) is 0 Å². The Morgan fingerprint density at radius 3 is 1.50 bits per heavy atom. The predicted molar refractivity (Wildman–Crippen MR) is 64.1 cm³/mol. The van der Waals surface area contributed by atoms with Gasteiger partial charge in [-0.15, -0.1) is 0 Å². The van der Waals surface area contributed by atoms with E-state index >= 15 is 0 Å². The lowest BCUT2D eigenvalue weighted by molar-refractivity contribution is 0.258. The Labute approximate surface area is 92.1 Å². The van der Waals surface area contributed by atoms with Gasteiger partial charge in [-0.2, -0.15) is 25.3 Å². The Kier molecular flexibility index (Phi) is 9.88. The van der Waals surface area contributed by atoms with Gasteiger partial charge in [0.25, 0.3) is 0 Å². The van der Waals surface area contributed by atoms with Crippen LogP contribution in [0.4, 0.5) is 0 Å². The van der Waals surface area contributed by atoms with Gasteiger partial charge in [-0.25, -0.2) is 0 Å². The molecule has 2 atom stereocenters. The molecule has 0 aliphatic carbocycles. The van der Waals surface area contributed by atoms with Crippen molar-refractivity contribution in [2.24, 2.45) is 0 Å². The Morgan fingerprint density at radius 1 is 0.917 bits per heavy atom. The molecule has 0 saturated carbocycles. The molecule has 0 rings (SSSR count). The van der Waals surface area contributed by atoms with Crippen molar-refractivity contribution in [3.05, 3.63) is 0 Å². The SMILES string of the molecule is OC(CCS)SSC(O)CCS. The largest absolute Gasteiger partial charge is 0.382 e. The van der Waals surface area contributed by atoms with E-state index in [1.54, 1.807) is 0 Å². The van der Waals surface area contributed by atoms with Crippen LogP contribution in [0, 0.1) is 0 Å². The molecule has 2 nitrogen and oxygen atoms in total. The van der Waals surface area contributed by atoms with Crippen LogP contribution in [-0.4, -0.2) is 32.6 Å². The van der Waals surface area contributed by atoms with Crippen molar-refractivity contribution in [1.82, 2.24) is 0 Å². The first-order valence-electron chi connectivity index (χ1n) is 3.60. The van der Waals surface area contributed by atoms with Crippen molar-refractivity contribution in [3.63, 3.8) is 0 Å². The van der Waals surface area contributed by atoms with Crippen LogP contribution in [0.2, 0.25) is 0 Å². The normalized spacial score (nSPS) is 16.0. The van der Waals surface area contributed by atoms with Crippen LogP contribution in [0.25, 0.3) is 0 Å². The number of hydrogen-bond donors (Lipinski definition) is 4. The second kappa shape index (κ2) is 8.90. The molecule has 0 fully saturated rings. The van der Waals surface area contributed by atoms with Crippen LogP contribution >= 0.6 is 46.8 Å². The highest BCUT2D eigenvalue weighted by atomic mass is 33.1. The molecule has 0 aromatic carbocycles. The van der Waals surface area contributed by atoms with Gasteiger partial charge in [-0.3, -0.25) is 0 Å². The van der Waals surface area contributed by atoms with Gasteiger partial charge in [0.05, 0.1) is 0 Å². The smallest absolute Gasteiger partial charge is 0.110 e. The molecule has 2 N–H and O–H groups in total. The minimum atomic E-state index is -0.429. The summed E-state index contributed by atoms with van der Waals surface area (Å²) in [6.45, 7) is 0. The monoisotopic (exact) mass is 246 g/mol. The maximum atomic E-state index is 9.23. The van der Waals surface area contributed by atoms with Crippen molar-refractivity contribution in [2.75, 3.05) is 11.5 Å². The van der Waals surface area contributed by atoms with Crippen molar-refractivity contribution >= 4 is 46.8 Å². The third kappa shape index (κ3) is 7.94. The quantitative estimate of drug-likeness (QED) is 0.313. The minimum Gasteiger partial charge on any atom is -0.382 e.